The molecular formula is C25H29N3O3. The van der Waals surface area contributed by atoms with Crippen molar-refractivity contribution in [2.45, 2.75) is 44.2 Å². The Bertz CT molecular complexity index is 1040. The lowest BCUT2D eigenvalue weighted by Gasteiger charge is -2.32. The van der Waals surface area contributed by atoms with Crippen molar-refractivity contribution in [3.8, 4) is 11.6 Å². The lowest BCUT2D eigenvalue weighted by molar-refractivity contribution is 0.00469. The lowest BCUT2D eigenvalue weighted by Crippen LogP contribution is -2.41. The van der Waals surface area contributed by atoms with Crippen LogP contribution < -0.4 is 15.4 Å². The van der Waals surface area contributed by atoms with Crippen molar-refractivity contribution < 1.29 is 14.6 Å². The van der Waals surface area contributed by atoms with Crippen molar-refractivity contribution in [3.63, 3.8) is 0 Å². The van der Waals surface area contributed by atoms with Crippen molar-refractivity contribution in [2.24, 2.45) is 0 Å². The van der Waals surface area contributed by atoms with Gasteiger partial charge in [0.15, 0.2) is 0 Å². The summed E-state index contributed by atoms with van der Waals surface area (Å²) in [7, 11) is 1.59. The minimum atomic E-state index is -0.580. The molecule has 162 valence electrons. The summed E-state index contributed by atoms with van der Waals surface area (Å²) in [5, 5.41) is 18.9. The first-order chi connectivity index (χ1) is 15.1. The first-order valence-electron chi connectivity index (χ1n) is 10.9. The maximum atomic E-state index is 11.7. The highest BCUT2D eigenvalue weighted by Gasteiger charge is 2.28. The smallest absolute Gasteiger partial charge is 0.252 e. The Morgan fingerprint density at radius 3 is 2.55 bits per heavy atom. The van der Waals surface area contributed by atoms with Crippen LogP contribution >= 0.6 is 0 Å². The first kappa shape index (κ1) is 21.3. The van der Waals surface area contributed by atoms with E-state index in [4.69, 9.17) is 4.74 Å². The molecule has 4 rings (SSSR count). The summed E-state index contributed by atoms with van der Waals surface area (Å²) >= 11 is 0. The molecule has 31 heavy (non-hydrogen) atoms. The summed E-state index contributed by atoms with van der Waals surface area (Å²) in [5.41, 5.74) is 1.06. The summed E-state index contributed by atoms with van der Waals surface area (Å²) in [4.78, 5) is 15.9. The fourth-order valence-electron chi connectivity index (χ4n) is 4.23. The third kappa shape index (κ3) is 5.03. The third-order valence-electron chi connectivity index (χ3n) is 5.97. The van der Waals surface area contributed by atoms with E-state index in [-0.39, 0.29) is 5.91 Å². The molecule has 1 aliphatic carbocycles. The zero-order chi connectivity index (χ0) is 21.7. The fraction of sp³-hybridized carbons (Fsp3) is 0.360. The number of aromatic nitrogens is 1. The van der Waals surface area contributed by atoms with E-state index in [2.05, 4.69) is 27.8 Å². The molecular weight excluding hydrogens is 390 g/mol. The highest BCUT2D eigenvalue weighted by molar-refractivity contribution is 5.93. The molecule has 3 N–H and O–H groups in total. The average Bonchev–Trinajstić information content (AvgIpc) is 2.81. The van der Waals surface area contributed by atoms with Crippen LogP contribution in [0.15, 0.2) is 54.7 Å². The molecule has 1 saturated carbocycles. The van der Waals surface area contributed by atoms with Crippen molar-refractivity contribution in [2.75, 3.05) is 13.6 Å². The number of amides is 1. The minimum Gasteiger partial charge on any atom is -0.438 e. The van der Waals surface area contributed by atoms with Gasteiger partial charge in [0.2, 0.25) is 5.88 Å². The van der Waals surface area contributed by atoms with Crippen molar-refractivity contribution in [1.29, 1.82) is 0 Å². The molecule has 0 unspecified atom stereocenters. The van der Waals surface area contributed by atoms with Gasteiger partial charge in [0.1, 0.15) is 5.75 Å². The van der Waals surface area contributed by atoms with Crippen LogP contribution in [0.2, 0.25) is 0 Å². The highest BCUT2D eigenvalue weighted by Crippen LogP contribution is 2.32. The maximum Gasteiger partial charge on any atom is 0.252 e. The molecule has 6 nitrogen and oxygen atoms in total. The van der Waals surface area contributed by atoms with Gasteiger partial charge in [-0.25, -0.2) is 4.98 Å². The quantitative estimate of drug-likeness (QED) is 0.535. The van der Waals surface area contributed by atoms with Gasteiger partial charge in [-0.1, -0.05) is 49.6 Å². The Labute approximate surface area is 182 Å². The van der Waals surface area contributed by atoms with Gasteiger partial charge in [-0.05, 0) is 35.9 Å². The molecule has 1 aliphatic rings. The second-order valence-corrected chi connectivity index (χ2v) is 8.22. The molecule has 0 atom stereocenters. The molecule has 0 saturated heterocycles. The lowest BCUT2D eigenvalue weighted by atomic mass is 9.85. The Balaban J connectivity index is 1.49. The monoisotopic (exact) mass is 419 g/mol. The molecule has 0 radical (unpaired) electrons. The van der Waals surface area contributed by atoms with E-state index >= 15 is 0 Å². The highest BCUT2D eigenvalue weighted by atomic mass is 16.5. The number of ether oxygens (including phenoxy) is 1. The van der Waals surface area contributed by atoms with Gasteiger partial charge in [-0.3, -0.25) is 4.79 Å². The Kier molecular flexibility index (Phi) is 6.49. The van der Waals surface area contributed by atoms with Crippen LogP contribution in [-0.4, -0.2) is 35.2 Å². The number of carbonyl (C=O) groups is 1. The summed E-state index contributed by atoms with van der Waals surface area (Å²) in [6, 6.07) is 15.5. The Hall–Kier alpha value is -2.96. The molecule has 0 spiro atoms. The molecule has 1 fully saturated rings. The van der Waals surface area contributed by atoms with Crippen LogP contribution in [0.25, 0.3) is 10.8 Å². The van der Waals surface area contributed by atoms with E-state index in [1.54, 1.807) is 19.2 Å². The predicted octanol–water partition coefficient (Wildman–Crippen LogP) is 4.17. The molecule has 3 aromatic rings. The molecule has 2 aromatic carbocycles. The van der Waals surface area contributed by atoms with Crippen LogP contribution in [0.5, 0.6) is 11.6 Å². The van der Waals surface area contributed by atoms with Gasteiger partial charge < -0.3 is 20.5 Å². The molecule has 1 amide bonds. The SMILES string of the molecule is CNC(=O)c1ccc(Oc2ccc(CNCC3(O)CCCCC3)c3ccccc23)nc1. The number of fused-ring (bicyclic) bond motifs is 1. The summed E-state index contributed by atoms with van der Waals surface area (Å²) in [6.07, 6.45) is 6.68. The zero-order valence-corrected chi connectivity index (χ0v) is 17.9. The average molecular weight is 420 g/mol. The number of rotatable bonds is 7. The summed E-state index contributed by atoms with van der Waals surface area (Å²) in [5.74, 6) is 0.966. The number of benzene rings is 2. The van der Waals surface area contributed by atoms with Crippen LogP contribution in [0.1, 0.15) is 48.0 Å². The van der Waals surface area contributed by atoms with Crippen LogP contribution in [-0.2, 0) is 6.54 Å². The number of carbonyl (C=O) groups excluding carboxylic acids is 1. The van der Waals surface area contributed by atoms with E-state index in [0.717, 1.165) is 42.0 Å². The van der Waals surface area contributed by atoms with Gasteiger partial charge in [-0.2, -0.15) is 0 Å². The Morgan fingerprint density at radius 1 is 1.06 bits per heavy atom. The Morgan fingerprint density at radius 2 is 1.84 bits per heavy atom. The maximum absolute atomic E-state index is 11.7. The number of aliphatic hydroxyl groups is 1. The van der Waals surface area contributed by atoms with Crippen LogP contribution in [0.3, 0.4) is 0 Å². The molecule has 0 bridgehead atoms. The second-order valence-electron chi connectivity index (χ2n) is 8.22. The summed E-state index contributed by atoms with van der Waals surface area (Å²) in [6.45, 7) is 1.30. The van der Waals surface area contributed by atoms with Gasteiger partial charge in [0.05, 0.1) is 11.2 Å². The second kappa shape index (κ2) is 9.45. The predicted molar refractivity (Wildman–Crippen MR) is 121 cm³/mol. The van der Waals surface area contributed by atoms with Crippen LogP contribution in [0.4, 0.5) is 0 Å². The number of nitrogens with one attached hydrogen (secondary N) is 2. The van der Waals surface area contributed by atoms with E-state index in [0.29, 0.717) is 30.3 Å². The fourth-order valence-corrected chi connectivity index (χ4v) is 4.23. The van der Waals surface area contributed by atoms with Crippen molar-refractivity contribution in [3.05, 3.63) is 65.9 Å². The molecule has 0 aliphatic heterocycles. The number of hydrogen-bond acceptors (Lipinski definition) is 5. The standard InChI is InChI=1S/C25H29N3O3/c1-26-24(29)19-10-12-23(28-16-19)31-22-11-9-18(20-7-3-4-8-21(20)22)15-27-17-25(30)13-5-2-6-14-25/h3-4,7-12,16,27,30H,2,5-6,13-15,17H2,1H3,(H,26,29). The summed E-state index contributed by atoms with van der Waals surface area (Å²) < 4.78 is 6.03. The largest absolute Gasteiger partial charge is 0.438 e. The molecule has 1 aromatic heterocycles. The van der Waals surface area contributed by atoms with E-state index < -0.39 is 5.60 Å². The third-order valence-corrected chi connectivity index (χ3v) is 5.97. The minimum absolute atomic E-state index is 0.181. The van der Waals surface area contributed by atoms with Crippen molar-refractivity contribution in [1.82, 2.24) is 15.6 Å². The van der Waals surface area contributed by atoms with Gasteiger partial charge >= 0.3 is 0 Å². The van der Waals surface area contributed by atoms with Gasteiger partial charge in [0.25, 0.3) is 5.91 Å². The normalized spacial score (nSPS) is 15.5. The van der Waals surface area contributed by atoms with Crippen LogP contribution in [0, 0.1) is 0 Å². The van der Waals surface area contributed by atoms with E-state index in [1.807, 2.05) is 24.3 Å². The van der Waals surface area contributed by atoms with Gasteiger partial charge in [0, 0.05) is 37.8 Å². The van der Waals surface area contributed by atoms with E-state index in [1.165, 1.54) is 12.6 Å². The van der Waals surface area contributed by atoms with Gasteiger partial charge in [-0.15, -0.1) is 0 Å². The number of nitrogens with zero attached hydrogens (tertiary/aromatic N) is 1. The number of pyridine rings is 1. The number of hydrogen-bond donors (Lipinski definition) is 3. The van der Waals surface area contributed by atoms with Crippen molar-refractivity contribution >= 4 is 16.7 Å². The van der Waals surface area contributed by atoms with E-state index in [9.17, 15) is 9.90 Å². The zero-order valence-electron chi connectivity index (χ0n) is 17.9. The molecule has 1 heterocycles. The molecule has 6 heteroatoms. The first-order valence-corrected chi connectivity index (χ1v) is 10.9. The topological polar surface area (TPSA) is 83.5 Å².